The standard InChI is InChI=1S/C50H51F2N13O4/c51-37-2-3-38(54-28-37)23-47(67)63-19-17-61(18-20-63)45-7-1-33(25-55-45)42-21-34(29-65-49(42)35(24-53)26-57-65)36-27-56-64(30-36)40-11-15-62(16-12-40)48(68)31-60-13-9-32(10-14-60)41-5-4-39(22-43(41)52)58-44-6-8-46(66)59-50(44)69/h1-5,7,21-22,25-30,32,40,44,58H,6,8-20,23,31H2,(H,59,66,69). The Balaban J connectivity index is 0.723. The zero-order valence-corrected chi connectivity index (χ0v) is 37.9. The van der Waals surface area contributed by atoms with E-state index in [0.717, 1.165) is 60.0 Å². The van der Waals surface area contributed by atoms with E-state index in [-0.39, 0.29) is 48.3 Å². The number of hydrogen-bond donors (Lipinski definition) is 2. The maximum Gasteiger partial charge on any atom is 0.249 e. The predicted octanol–water partition coefficient (Wildman–Crippen LogP) is 4.96. The second-order valence-corrected chi connectivity index (χ2v) is 18.3. The van der Waals surface area contributed by atoms with Crippen molar-refractivity contribution in [2.45, 2.75) is 62.9 Å². The summed E-state index contributed by atoms with van der Waals surface area (Å²) in [4.78, 5) is 66.9. The third kappa shape index (κ3) is 9.88. The third-order valence-electron chi connectivity index (χ3n) is 14.0. The molecule has 9 heterocycles. The minimum absolute atomic E-state index is 0.0301. The molecule has 1 aromatic carbocycles. The number of fused-ring (bicyclic) bond motifs is 1. The summed E-state index contributed by atoms with van der Waals surface area (Å²) in [6.45, 7) is 5.20. The lowest BCUT2D eigenvalue weighted by atomic mass is 9.89. The zero-order chi connectivity index (χ0) is 47.6. The Morgan fingerprint density at radius 2 is 1.57 bits per heavy atom. The molecule has 0 radical (unpaired) electrons. The average molecular weight is 936 g/mol. The van der Waals surface area contributed by atoms with Crippen LogP contribution in [-0.4, -0.2) is 133 Å². The number of likely N-dealkylation sites (tertiary alicyclic amines) is 2. The van der Waals surface area contributed by atoms with Crippen LogP contribution >= 0.6 is 0 Å². The Morgan fingerprint density at radius 1 is 0.768 bits per heavy atom. The van der Waals surface area contributed by atoms with Crippen LogP contribution in [0.5, 0.6) is 0 Å². The van der Waals surface area contributed by atoms with Gasteiger partial charge in [-0.3, -0.25) is 39.1 Å². The molecule has 17 nitrogen and oxygen atoms in total. The number of nitrogens with zero attached hydrogens (tertiary/aromatic N) is 11. The first kappa shape index (κ1) is 45.2. The molecule has 5 aromatic heterocycles. The highest BCUT2D eigenvalue weighted by atomic mass is 19.1. The van der Waals surface area contributed by atoms with E-state index in [1.54, 1.807) is 33.9 Å². The molecule has 4 fully saturated rings. The normalized spacial score (nSPS) is 18.6. The minimum atomic E-state index is -0.580. The number of imide groups is 1. The summed E-state index contributed by atoms with van der Waals surface area (Å²) in [5.41, 5.74) is 6.17. The molecule has 0 spiro atoms. The van der Waals surface area contributed by atoms with Crippen LogP contribution in [0.3, 0.4) is 0 Å². The number of piperidine rings is 3. The van der Waals surface area contributed by atoms with E-state index < -0.39 is 17.8 Å². The Kier molecular flexibility index (Phi) is 12.8. The zero-order valence-electron chi connectivity index (χ0n) is 37.9. The van der Waals surface area contributed by atoms with Gasteiger partial charge < -0.3 is 20.0 Å². The summed E-state index contributed by atoms with van der Waals surface area (Å²) in [5, 5.41) is 24.7. The highest BCUT2D eigenvalue weighted by Crippen LogP contribution is 2.35. The van der Waals surface area contributed by atoms with Gasteiger partial charge in [-0.1, -0.05) is 6.07 Å². The van der Waals surface area contributed by atoms with Gasteiger partial charge >= 0.3 is 0 Å². The van der Waals surface area contributed by atoms with Gasteiger partial charge in [-0.15, -0.1) is 0 Å². The van der Waals surface area contributed by atoms with Crippen LogP contribution in [0, 0.1) is 23.0 Å². The molecule has 4 aliphatic heterocycles. The van der Waals surface area contributed by atoms with Gasteiger partial charge in [0.05, 0.1) is 48.7 Å². The third-order valence-corrected chi connectivity index (χ3v) is 14.0. The van der Waals surface area contributed by atoms with Crippen molar-refractivity contribution in [1.29, 1.82) is 5.26 Å². The number of pyridine rings is 3. The fourth-order valence-electron chi connectivity index (χ4n) is 10.0. The maximum absolute atomic E-state index is 15.3. The van der Waals surface area contributed by atoms with Gasteiger partial charge in [0.2, 0.25) is 23.6 Å². The van der Waals surface area contributed by atoms with Crippen LogP contribution in [0.4, 0.5) is 20.3 Å². The van der Waals surface area contributed by atoms with Gasteiger partial charge in [0.15, 0.2) is 0 Å². The number of carbonyl (C=O) groups excluding carboxylic acids is 4. The van der Waals surface area contributed by atoms with E-state index in [9.17, 15) is 28.8 Å². The number of aromatic nitrogens is 6. The monoisotopic (exact) mass is 935 g/mol. The molecule has 10 rings (SSSR count). The Labute approximate surface area is 396 Å². The number of anilines is 2. The molecule has 4 aliphatic rings. The van der Waals surface area contributed by atoms with Crippen LogP contribution in [0.1, 0.15) is 67.3 Å². The first-order valence-corrected chi connectivity index (χ1v) is 23.5. The molecule has 0 bridgehead atoms. The summed E-state index contributed by atoms with van der Waals surface area (Å²) in [6.07, 6.45) is 14.0. The quantitative estimate of drug-likeness (QED) is 0.167. The number of nitriles is 1. The first-order valence-electron chi connectivity index (χ1n) is 23.5. The molecule has 69 heavy (non-hydrogen) atoms. The van der Waals surface area contributed by atoms with E-state index in [4.69, 9.17) is 10.1 Å². The van der Waals surface area contributed by atoms with Crippen molar-refractivity contribution < 1.29 is 28.0 Å². The molecule has 0 aliphatic carbocycles. The van der Waals surface area contributed by atoms with Gasteiger partial charge in [0, 0.05) is 97.9 Å². The van der Waals surface area contributed by atoms with Crippen molar-refractivity contribution in [3.8, 4) is 28.3 Å². The van der Waals surface area contributed by atoms with Crippen LogP contribution in [0.2, 0.25) is 0 Å². The van der Waals surface area contributed by atoms with Crippen molar-refractivity contribution >= 4 is 40.7 Å². The topological polar surface area (TPSA) is 190 Å². The predicted molar refractivity (Wildman–Crippen MR) is 251 cm³/mol. The number of rotatable bonds is 11. The van der Waals surface area contributed by atoms with Crippen LogP contribution in [0.15, 0.2) is 85.7 Å². The number of halogens is 2. The molecular formula is C50H51F2N13O4. The summed E-state index contributed by atoms with van der Waals surface area (Å²) in [7, 11) is 0. The Bertz CT molecular complexity index is 2930. The highest BCUT2D eigenvalue weighted by molar-refractivity contribution is 6.01. The van der Waals surface area contributed by atoms with E-state index in [0.29, 0.717) is 93.3 Å². The van der Waals surface area contributed by atoms with E-state index in [1.165, 1.54) is 18.2 Å². The lowest BCUT2D eigenvalue weighted by Gasteiger charge is -2.36. The number of carbonyl (C=O) groups is 4. The molecule has 6 aromatic rings. The number of piperazine rings is 1. The lowest BCUT2D eigenvalue weighted by Crippen LogP contribution is -2.49. The van der Waals surface area contributed by atoms with Gasteiger partial charge in [-0.2, -0.15) is 15.5 Å². The Morgan fingerprint density at radius 3 is 2.28 bits per heavy atom. The molecule has 1 unspecified atom stereocenters. The SMILES string of the molecule is N#Cc1cnn2cc(-c3cnn(C4CCN(C(=O)CN5CCC(c6ccc(NC7CCC(=O)NC7=O)cc6F)CC5)CC4)c3)cc(-c3ccc(N4CCN(C(=O)Cc5ccc(F)cn5)CC4)nc3)c12. The molecule has 0 saturated carbocycles. The minimum Gasteiger partial charge on any atom is -0.374 e. The average Bonchev–Trinajstić information content (AvgIpc) is 4.04. The second-order valence-electron chi connectivity index (χ2n) is 18.3. The van der Waals surface area contributed by atoms with Crippen LogP contribution < -0.4 is 15.5 Å². The van der Waals surface area contributed by atoms with Crippen molar-refractivity contribution in [1.82, 2.24) is 49.4 Å². The molecule has 4 amide bonds. The lowest BCUT2D eigenvalue weighted by molar-refractivity contribution is -0.135. The molecule has 2 N–H and O–H groups in total. The Hall–Kier alpha value is -7.59. The second kappa shape index (κ2) is 19.6. The summed E-state index contributed by atoms with van der Waals surface area (Å²) in [6, 6.07) is 15.6. The number of amides is 4. The number of hydrogen-bond acceptors (Lipinski definition) is 12. The highest BCUT2D eigenvalue weighted by Gasteiger charge is 2.30. The molecule has 19 heteroatoms. The summed E-state index contributed by atoms with van der Waals surface area (Å²) >= 11 is 0. The van der Waals surface area contributed by atoms with E-state index in [1.807, 2.05) is 46.4 Å². The van der Waals surface area contributed by atoms with Crippen LogP contribution in [-0.2, 0) is 25.6 Å². The molecular weight excluding hydrogens is 885 g/mol. The first-order chi connectivity index (χ1) is 33.5. The van der Waals surface area contributed by atoms with Crippen molar-refractivity contribution in [2.75, 3.05) is 69.1 Å². The molecule has 1 atom stereocenters. The fraction of sp³-hybridized carbons (Fsp3) is 0.380. The smallest absolute Gasteiger partial charge is 0.249 e. The van der Waals surface area contributed by atoms with Crippen molar-refractivity contribution in [2.24, 2.45) is 0 Å². The fourth-order valence-corrected chi connectivity index (χ4v) is 10.0. The molecule has 4 saturated heterocycles. The maximum atomic E-state index is 15.3. The van der Waals surface area contributed by atoms with Gasteiger partial charge in [0.25, 0.3) is 0 Å². The van der Waals surface area contributed by atoms with E-state index >= 15 is 4.39 Å². The molecule has 354 valence electrons. The summed E-state index contributed by atoms with van der Waals surface area (Å²) in [5.74, 6) is -0.611. The number of nitrogens with one attached hydrogen (secondary N) is 2. The largest absolute Gasteiger partial charge is 0.374 e. The van der Waals surface area contributed by atoms with Gasteiger partial charge in [-0.25, -0.2) is 18.3 Å². The van der Waals surface area contributed by atoms with Gasteiger partial charge in [0.1, 0.15) is 29.6 Å². The van der Waals surface area contributed by atoms with Crippen molar-refractivity contribution in [3.63, 3.8) is 0 Å². The summed E-state index contributed by atoms with van der Waals surface area (Å²) < 4.78 is 32.3. The van der Waals surface area contributed by atoms with Crippen molar-refractivity contribution in [3.05, 3.63) is 114 Å². The number of benzene rings is 1. The van der Waals surface area contributed by atoms with E-state index in [2.05, 4.69) is 36.6 Å². The van der Waals surface area contributed by atoms with Gasteiger partial charge in [-0.05, 0) is 99.1 Å². The van der Waals surface area contributed by atoms with Crippen LogP contribution in [0.25, 0.3) is 27.8 Å².